The second-order valence-corrected chi connectivity index (χ2v) is 6.37. The predicted octanol–water partition coefficient (Wildman–Crippen LogP) is 4.25. The van der Waals surface area contributed by atoms with Crippen LogP contribution in [0.1, 0.15) is 50.7 Å². The van der Waals surface area contributed by atoms with E-state index in [1.54, 1.807) is 0 Å². The average molecular weight is 269 g/mol. The zero-order valence-corrected chi connectivity index (χ0v) is 13.2. The van der Waals surface area contributed by atoms with Crippen LogP contribution in [0.3, 0.4) is 0 Å². The fourth-order valence-corrected chi connectivity index (χ4v) is 2.69. The highest BCUT2D eigenvalue weighted by Crippen LogP contribution is 2.17. The summed E-state index contributed by atoms with van der Waals surface area (Å²) in [5, 5.41) is 0. The van der Waals surface area contributed by atoms with Crippen LogP contribution in [0.25, 0.3) is 0 Å². The highest BCUT2D eigenvalue weighted by molar-refractivity contribution is 5.36. The Labute approximate surface area is 124 Å². The number of likely N-dealkylation sites (tertiary alicyclic amines) is 1. The summed E-state index contributed by atoms with van der Waals surface area (Å²) < 4.78 is 0. The molecule has 0 N–H and O–H groups in total. The van der Waals surface area contributed by atoms with Gasteiger partial charge in [-0.15, -0.1) is 0 Å². The summed E-state index contributed by atoms with van der Waals surface area (Å²) in [5.41, 5.74) is 2.44. The quantitative estimate of drug-likeness (QED) is 0.739. The maximum absolute atomic E-state index is 3.53. The summed E-state index contributed by atoms with van der Waals surface area (Å²) in [6.07, 6.45) is 5.15. The van der Waals surface area contributed by atoms with E-state index >= 15 is 0 Å². The fraction of sp³-hybridized carbons (Fsp3) is 0.579. The van der Waals surface area contributed by atoms with E-state index in [1.807, 2.05) is 0 Å². The van der Waals surface area contributed by atoms with E-state index in [2.05, 4.69) is 61.8 Å². The third kappa shape index (κ3) is 4.69. The number of hydrogen-bond acceptors (Lipinski definition) is 1. The summed E-state index contributed by atoms with van der Waals surface area (Å²) in [7, 11) is 0. The van der Waals surface area contributed by atoms with Gasteiger partial charge in [0, 0.05) is 5.56 Å². The molecule has 108 valence electrons. The molecule has 1 atom stereocenters. The Balaban J connectivity index is 2.04. The van der Waals surface area contributed by atoms with Crippen molar-refractivity contribution in [2.24, 2.45) is 5.92 Å². The van der Waals surface area contributed by atoms with Crippen molar-refractivity contribution in [3.05, 3.63) is 35.4 Å². The van der Waals surface area contributed by atoms with Gasteiger partial charge in [0.1, 0.15) is 0 Å². The molecular formula is C19H27N. The predicted molar refractivity (Wildman–Crippen MR) is 86.7 cm³/mol. The van der Waals surface area contributed by atoms with Crippen LogP contribution in [0.5, 0.6) is 0 Å². The Kier molecular flexibility index (Phi) is 5.68. The van der Waals surface area contributed by atoms with Crippen molar-refractivity contribution in [3.8, 4) is 11.8 Å². The van der Waals surface area contributed by atoms with Gasteiger partial charge in [-0.25, -0.2) is 0 Å². The Morgan fingerprint density at radius 3 is 2.30 bits per heavy atom. The Morgan fingerprint density at radius 2 is 1.70 bits per heavy atom. The maximum Gasteiger partial charge on any atom is 0.0718 e. The molecule has 0 saturated carbocycles. The number of rotatable bonds is 4. The average Bonchev–Trinajstić information content (AvgIpc) is 2.94. The van der Waals surface area contributed by atoms with Gasteiger partial charge in [0.25, 0.3) is 0 Å². The molecule has 1 unspecified atom stereocenters. The van der Waals surface area contributed by atoms with Crippen LogP contribution >= 0.6 is 0 Å². The van der Waals surface area contributed by atoms with Crippen molar-refractivity contribution in [2.45, 2.75) is 52.5 Å². The van der Waals surface area contributed by atoms with Crippen molar-refractivity contribution in [2.75, 3.05) is 13.1 Å². The lowest BCUT2D eigenvalue weighted by Crippen LogP contribution is -2.31. The van der Waals surface area contributed by atoms with E-state index in [4.69, 9.17) is 0 Å². The molecule has 0 bridgehead atoms. The van der Waals surface area contributed by atoms with Crippen molar-refractivity contribution >= 4 is 0 Å². The van der Waals surface area contributed by atoms with Crippen LogP contribution in [0, 0.1) is 24.7 Å². The van der Waals surface area contributed by atoms with E-state index in [0.717, 1.165) is 11.5 Å². The normalized spacial score (nSPS) is 17.0. The lowest BCUT2D eigenvalue weighted by molar-refractivity contribution is 0.268. The smallest absolute Gasteiger partial charge is 0.0718 e. The summed E-state index contributed by atoms with van der Waals surface area (Å²) in [5.74, 6) is 7.67. The summed E-state index contributed by atoms with van der Waals surface area (Å²) in [4.78, 5) is 2.57. The zero-order chi connectivity index (χ0) is 14.4. The third-order valence-electron chi connectivity index (χ3n) is 4.03. The summed E-state index contributed by atoms with van der Waals surface area (Å²) in [6, 6.07) is 8.99. The van der Waals surface area contributed by atoms with Crippen LogP contribution < -0.4 is 0 Å². The summed E-state index contributed by atoms with van der Waals surface area (Å²) in [6.45, 7) is 9.17. The first kappa shape index (κ1) is 15.1. The second-order valence-electron chi connectivity index (χ2n) is 6.37. The van der Waals surface area contributed by atoms with Crippen LogP contribution in [0.15, 0.2) is 24.3 Å². The minimum atomic E-state index is 0.446. The van der Waals surface area contributed by atoms with Gasteiger partial charge in [-0.1, -0.05) is 43.4 Å². The number of nitrogens with zero attached hydrogens (tertiary/aromatic N) is 1. The standard InChI is InChI=1S/C19H27N/c1-16(2)6-12-19(20-14-4-5-15-20)13-11-18-9-7-17(3)8-10-18/h7-10,16,19H,4-6,12,14-15H2,1-3H3. The van der Waals surface area contributed by atoms with Crippen LogP contribution in [-0.2, 0) is 0 Å². The highest BCUT2D eigenvalue weighted by atomic mass is 15.2. The molecule has 0 aromatic heterocycles. The lowest BCUT2D eigenvalue weighted by Gasteiger charge is -2.23. The van der Waals surface area contributed by atoms with Gasteiger partial charge in [-0.2, -0.15) is 0 Å². The molecular weight excluding hydrogens is 242 g/mol. The van der Waals surface area contributed by atoms with Gasteiger partial charge in [-0.05, 0) is 63.7 Å². The molecule has 1 aromatic carbocycles. The van der Waals surface area contributed by atoms with Gasteiger partial charge in [0.05, 0.1) is 6.04 Å². The second kappa shape index (κ2) is 7.50. The molecule has 1 heterocycles. The molecule has 1 nitrogen and oxygen atoms in total. The highest BCUT2D eigenvalue weighted by Gasteiger charge is 2.20. The minimum absolute atomic E-state index is 0.446. The molecule has 0 spiro atoms. The fourth-order valence-electron chi connectivity index (χ4n) is 2.69. The molecule has 1 aromatic rings. The topological polar surface area (TPSA) is 3.24 Å². The minimum Gasteiger partial charge on any atom is -0.290 e. The maximum atomic E-state index is 3.53. The molecule has 1 heteroatoms. The largest absolute Gasteiger partial charge is 0.290 e. The van der Waals surface area contributed by atoms with Crippen molar-refractivity contribution in [1.29, 1.82) is 0 Å². The van der Waals surface area contributed by atoms with Gasteiger partial charge >= 0.3 is 0 Å². The zero-order valence-electron chi connectivity index (χ0n) is 13.2. The first-order valence-electron chi connectivity index (χ1n) is 7.97. The molecule has 1 fully saturated rings. The molecule has 20 heavy (non-hydrogen) atoms. The van der Waals surface area contributed by atoms with Gasteiger partial charge in [-0.3, -0.25) is 4.90 Å². The van der Waals surface area contributed by atoms with Crippen LogP contribution in [0.4, 0.5) is 0 Å². The third-order valence-corrected chi connectivity index (χ3v) is 4.03. The monoisotopic (exact) mass is 269 g/mol. The van der Waals surface area contributed by atoms with E-state index in [0.29, 0.717) is 6.04 Å². The van der Waals surface area contributed by atoms with Crippen molar-refractivity contribution in [1.82, 2.24) is 4.90 Å². The van der Waals surface area contributed by atoms with Gasteiger partial charge in [0.2, 0.25) is 0 Å². The number of aryl methyl sites for hydroxylation is 1. The summed E-state index contributed by atoms with van der Waals surface area (Å²) >= 11 is 0. The SMILES string of the molecule is Cc1ccc(C#CC(CCC(C)C)N2CCCC2)cc1. The van der Waals surface area contributed by atoms with E-state index < -0.39 is 0 Å². The lowest BCUT2D eigenvalue weighted by atomic mass is 10.0. The Bertz CT molecular complexity index is 455. The molecule has 0 amide bonds. The van der Waals surface area contributed by atoms with Gasteiger partial charge in [0.15, 0.2) is 0 Å². The molecule has 2 rings (SSSR count). The van der Waals surface area contributed by atoms with E-state index in [1.165, 1.54) is 44.3 Å². The Hall–Kier alpha value is -1.26. The van der Waals surface area contributed by atoms with E-state index in [9.17, 15) is 0 Å². The number of hydrogen-bond donors (Lipinski definition) is 0. The molecule has 0 aliphatic carbocycles. The first-order valence-corrected chi connectivity index (χ1v) is 7.97. The van der Waals surface area contributed by atoms with Crippen molar-refractivity contribution < 1.29 is 0 Å². The van der Waals surface area contributed by atoms with Gasteiger partial charge < -0.3 is 0 Å². The van der Waals surface area contributed by atoms with E-state index in [-0.39, 0.29) is 0 Å². The van der Waals surface area contributed by atoms with Crippen LogP contribution in [-0.4, -0.2) is 24.0 Å². The van der Waals surface area contributed by atoms with Crippen molar-refractivity contribution in [3.63, 3.8) is 0 Å². The first-order chi connectivity index (χ1) is 9.65. The molecule has 1 aliphatic heterocycles. The number of benzene rings is 1. The Morgan fingerprint density at radius 1 is 1.05 bits per heavy atom. The molecule has 1 saturated heterocycles. The molecule has 0 radical (unpaired) electrons. The molecule has 1 aliphatic rings. The van der Waals surface area contributed by atoms with Crippen LogP contribution in [0.2, 0.25) is 0 Å².